The molecule has 0 bridgehead atoms. The number of rotatable bonds is 3. The van der Waals surface area contributed by atoms with Crippen LogP contribution >= 0.6 is 0 Å². The number of aliphatic imine (C=N–C) groups is 1. The summed E-state index contributed by atoms with van der Waals surface area (Å²) in [5.41, 5.74) is 1.44. The smallest absolute Gasteiger partial charge is 0.0876 e. The minimum Gasteiger partial charge on any atom is -0.283 e. The van der Waals surface area contributed by atoms with Gasteiger partial charge >= 0.3 is 0 Å². The van der Waals surface area contributed by atoms with Gasteiger partial charge in [-0.15, -0.1) is 0 Å². The number of hydrogen-bond donors (Lipinski definition) is 0. The van der Waals surface area contributed by atoms with Crippen molar-refractivity contribution in [3.05, 3.63) is 0 Å². The Morgan fingerprint density at radius 1 is 1.50 bits per heavy atom. The SMILES string of the molecule is CCCC1N=C1CC. The predicted octanol–water partition coefficient (Wildman–Crippen LogP) is 2.02. The molecule has 1 atom stereocenters. The van der Waals surface area contributed by atoms with Crippen LogP contribution in [-0.4, -0.2) is 11.8 Å². The molecule has 0 aromatic carbocycles. The van der Waals surface area contributed by atoms with Crippen LogP contribution in [0.5, 0.6) is 0 Å². The van der Waals surface area contributed by atoms with Gasteiger partial charge in [-0.2, -0.15) is 0 Å². The molecule has 0 aromatic rings. The van der Waals surface area contributed by atoms with Gasteiger partial charge < -0.3 is 0 Å². The zero-order valence-corrected chi connectivity index (χ0v) is 5.65. The molecule has 0 amide bonds. The first-order valence-electron chi connectivity index (χ1n) is 3.45. The molecule has 0 saturated carbocycles. The van der Waals surface area contributed by atoms with E-state index in [0.29, 0.717) is 6.04 Å². The van der Waals surface area contributed by atoms with E-state index in [1.807, 2.05) is 0 Å². The maximum Gasteiger partial charge on any atom is 0.0876 e. The fourth-order valence-electron chi connectivity index (χ4n) is 0.994. The lowest BCUT2D eigenvalue weighted by Crippen LogP contribution is -1.93. The first-order chi connectivity index (χ1) is 3.88. The molecule has 0 N–H and O–H groups in total. The topological polar surface area (TPSA) is 12.4 Å². The third-order valence-electron chi connectivity index (χ3n) is 1.56. The van der Waals surface area contributed by atoms with E-state index in [1.165, 1.54) is 25.0 Å². The summed E-state index contributed by atoms with van der Waals surface area (Å²) in [6, 6.07) is 0.671. The average Bonchev–Trinajstić information content (AvgIpc) is 2.48. The van der Waals surface area contributed by atoms with Crippen molar-refractivity contribution in [2.75, 3.05) is 0 Å². The Labute approximate surface area is 50.8 Å². The first-order valence-corrected chi connectivity index (χ1v) is 3.45. The van der Waals surface area contributed by atoms with Crippen LogP contribution in [0.25, 0.3) is 0 Å². The van der Waals surface area contributed by atoms with Gasteiger partial charge in [0.05, 0.1) is 6.04 Å². The van der Waals surface area contributed by atoms with Gasteiger partial charge in [-0.05, 0) is 12.8 Å². The van der Waals surface area contributed by atoms with Crippen molar-refractivity contribution >= 4 is 5.71 Å². The van der Waals surface area contributed by atoms with E-state index < -0.39 is 0 Å². The van der Waals surface area contributed by atoms with E-state index >= 15 is 0 Å². The molecular formula is C7H13N. The van der Waals surface area contributed by atoms with Gasteiger partial charge in [0, 0.05) is 5.71 Å². The Kier molecular flexibility index (Phi) is 1.66. The standard InChI is InChI=1S/C7H13N/c1-3-5-7-6(4-2)8-7/h7H,3-5H2,1-2H3. The van der Waals surface area contributed by atoms with Gasteiger partial charge in [0.2, 0.25) is 0 Å². The first kappa shape index (κ1) is 5.80. The molecule has 0 spiro atoms. The van der Waals surface area contributed by atoms with Crippen LogP contribution in [0.4, 0.5) is 0 Å². The zero-order chi connectivity index (χ0) is 5.98. The molecule has 1 rings (SSSR count). The van der Waals surface area contributed by atoms with Gasteiger partial charge in [-0.25, -0.2) is 0 Å². The van der Waals surface area contributed by atoms with Crippen LogP contribution in [0.2, 0.25) is 0 Å². The third-order valence-corrected chi connectivity index (χ3v) is 1.56. The van der Waals surface area contributed by atoms with Crippen LogP contribution in [-0.2, 0) is 0 Å². The number of nitrogens with zero attached hydrogens (tertiary/aromatic N) is 1. The highest BCUT2D eigenvalue weighted by atomic mass is 15.0. The van der Waals surface area contributed by atoms with E-state index in [2.05, 4.69) is 18.8 Å². The minimum absolute atomic E-state index is 0.671. The molecule has 1 heteroatoms. The van der Waals surface area contributed by atoms with Gasteiger partial charge in [-0.3, -0.25) is 4.99 Å². The number of hydrogen-bond acceptors (Lipinski definition) is 1. The van der Waals surface area contributed by atoms with E-state index in [4.69, 9.17) is 0 Å². The van der Waals surface area contributed by atoms with E-state index in [1.54, 1.807) is 0 Å². The van der Waals surface area contributed by atoms with Crippen LogP contribution in [0.3, 0.4) is 0 Å². The normalized spacial score (nSPS) is 25.2. The molecule has 1 aliphatic rings. The second-order valence-electron chi connectivity index (χ2n) is 2.28. The fourth-order valence-corrected chi connectivity index (χ4v) is 0.994. The van der Waals surface area contributed by atoms with Crippen molar-refractivity contribution in [1.29, 1.82) is 0 Å². The van der Waals surface area contributed by atoms with Crippen molar-refractivity contribution in [3.8, 4) is 0 Å². The van der Waals surface area contributed by atoms with E-state index in [-0.39, 0.29) is 0 Å². The molecule has 1 unspecified atom stereocenters. The summed E-state index contributed by atoms with van der Waals surface area (Å²) in [5.74, 6) is 0. The predicted molar refractivity (Wildman–Crippen MR) is 36.4 cm³/mol. The summed E-state index contributed by atoms with van der Waals surface area (Å²) >= 11 is 0. The van der Waals surface area contributed by atoms with Crippen LogP contribution in [0.1, 0.15) is 33.1 Å². The summed E-state index contributed by atoms with van der Waals surface area (Å²) in [4.78, 5) is 4.28. The van der Waals surface area contributed by atoms with Crippen LogP contribution in [0, 0.1) is 0 Å². The summed E-state index contributed by atoms with van der Waals surface area (Å²) < 4.78 is 0. The molecule has 0 aliphatic carbocycles. The van der Waals surface area contributed by atoms with Crippen LogP contribution < -0.4 is 0 Å². The Morgan fingerprint density at radius 3 is 2.62 bits per heavy atom. The highest BCUT2D eigenvalue weighted by Gasteiger charge is 2.23. The average molecular weight is 111 g/mol. The minimum atomic E-state index is 0.671. The molecule has 0 aromatic heterocycles. The summed E-state index contributed by atoms with van der Waals surface area (Å²) in [7, 11) is 0. The van der Waals surface area contributed by atoms with Crippen LogP contribution in [0.15, 0.2) is 4.99 Å². The summed E-state index contributed by atoms with van der Waals surface area (Å²) in [6.45, 7) is 4.38. The van der Waals surface area contributed by atoms with Crippen molar-refractivity contribution in [1.82, 2.24) is 0 Å². The highest BCUT2D eigenvalue weighted by molar-refractivity contribution is 6.00. The zero-order valence-electron chi connectivity index (χ0n) is 5.65. The van der Waals surface area contributed by atoms with E-state index in [0.717, 1.165) is 0 Å². The lowest BCUT2D eigenvalue weighted by atomic mass is 10.2. The van der Waals surface area contributed by atoms with E-state index in [9.17, 15) is 0 Å². The van der Waals surface area contributed by atoms with Crippen molar-refractivity contribution in [2.45, 2.75) is 39.2 Å². The Morgan fingerprint density at radius 2 is 2.25 bits per heavy atom. The lowest BCUT2D eigenvalue weighted by molar-refractivity contribution is 0.794. The molecule has 1 aliphatic heterocycles. The quantitative estimate of drug-likeness (QED) is 0.528. The maximum atomic E-state index is 4.28. The van der Waals surface area contributed by atoms with Gasteiger partial charge in [-0.1, -0.05) is 20.3 Å². The maximum absolute atomic E-state index is 4.28. The third kappa shape index (κ3) is 1.09. The fraction of sp³-hybridized carbons (Fsp3) is 0.857. The molecule has 46 valence electrons. The Bertz CT molecular complexity index is 105. The summed E-state index contributed by atoms with van der Waals surface area (Å²) in [6.07, 6.45) is 3.73. The van der Waals surface area contributed by atoms with Crippen molar-refractivity contribution < 1.29 is 0 Å². The molecule has 0 radical (unpaired) electrons. The monoisotopic (exact) mass is 111 g/mol. The second kappa shape index (κ2) is 2.29. The Hall–Kier alpha value is -0.330. The van der Waals surface area contributed by atoms with Gasteiger partial charge in [0.15, 0.2) is 0 Å². The molecule has 1 heterocycles. The second-order valence-corrected chi connectivity index (χ2v) is 2.28. The molecule has 8 heavy (non-hydrogen) atoms. The molecule has 0 fully saturated rings. The van der Waals surface area contributed by atoms with Gasteiger partial charge in [0.1, 0.15) is 0 Å². The van der Waals surface area contributed by atoms with Crippen molar-refractivity contribution in [3.63, 3.8) is 0 Å². The van der Waals surface area contributed by atoms with Gasteiger partial charge in [0.25, 0.3) is 0 Å². The molecule has 0 saturated heterocycles. The summed E-state index contributed by atoms with van der Waals surface area (Å²) in [5, 5.41) is 0. The Balaban J connectivity index is 2.04. The largest absolute Gasteiger partial charge is 0.283 e. The molecule has 1 nitrogen and oxygen atoms in total. The molecular weight excluding hydrogens is 98.1 g/mol. The lowest BCUT2D eigenvalue weighted by Gasteiger charge is -1.87. The highest BCUT2D eigenvalue weighted by Crippen LogP contribution is 2.19. The van der Waals surface area contributed by atoms with Crippen molar-refractivity contribution in [2.24, 2.45) is 4.99 Å².